The van der Waals surface area contributed by atoms with Crippen molar-refractivity contribution >= 4 is 16.9 Å². The molecule has 8 heteroatoms. The van der Waals surface area contributed by atoms with Crippen LogP contribution in [0.4, 0.5) is 0 Å². The highest BCUT2D eigenvalue weighted by atomic mass is 16.5. The number of rotatable bonds is 12. The minimum atomic E-state index is -0.260. The topological polar surface area (TPSA) is 83.8 Å². The molecule has 37 heavy (non-hydrogen) atoms. The summed E-state index contributed by atoms with van der Waals surface area (Å²) in [5.41, 5.74) is 3.53. The van der Waals surface area contributed by atoms with Crippen molar-refractivity contribution in [2.75, 3.05) is 27.9 Å². The van der Waals surface area contributed by atoms with Crippen LogP contribution in [0.2, 0.25) is 0 Å². The van der Waals surface area contributed by atoms with Gasteiger partial charge in [-0.15, -0.1) is 0 Å². The minimum Gasteiger partial charge on any atom is -0.494 e. The van der Waals surface area contributed by atoms with E-state index in [-0.39, 0.29) is 12.5 Å². The number of carbonyl (C=O) groups is 1. The Morgan fingerprint density at radius 2 is 1.68 bits per heavy atom. The van der Waals surface area contributed by atoms with E-state index in [1.165, 1.54) is 26.9 Å². The third kappa shape index (κ3) is 6.14. The number of para-hydroxylation sites is 2. The van der Waals surface area contributed by atoms with Crippen LogP contribution in [0.3, 0.4) is 0 Å². The Balaban J connectivity index is 1.43. The van der Waals surface area contributed by atoms with Crippen molar-refractivity contribution in [1.29, 1.82) is 0 Å². The predicted molar refractivity (Wildman–Crippen MR) is 143 cm³/mol. The Kier molecular flexibility index (Phi) is 8.51. The molecular formula is C29H33N3O5. The number of fused-ring (bicyclic) bond motifs is 1. The Bertz CT molecular complexity index is 1340. The highest BCUT2D eigenvalue weighted by Gasteiger charge is 2.18. The zero-order chi connectivity index (χ0) is 26.2. The van der Waals surface area contributed by atoms with Gasteiger partial charge in [-0.3, -0.25) is 4.79 Å². The number of nitrogens with zero attached hydrogens (tertiary/aromatic N) is 2. The van der Waals surface area contributed by atoms with E-state index < -0.39 is 0 Å². The van der Waals surface area contributed by atoms with Crippen molar-refractivity contribution in [1.82, 2.24) is 14.9 Å². The molecule has 0 bridgehead atoms. The number of aryl methyl sites for hydroxylation is 2. The smallest absolute Gasteiger partial charge is 0.251 e. The van der Waals surface area contributed by atoms with Gasteiger partial charge in [0.15, 0.2) is 11.5 Å². The maximum atomic E-state index is 13.0. The molecule has 0 aliphatic heterocycles. The third-order valence-electron chi connectivity index (χ3n) is 6.10. The molecule has 0 aliphatic carbocycles. The monoisotopic (exact) mass is 503 g/mol. The number of amides is 1. The molecule has 0 atom stereocenters. The van der Waals surface area contributed by atoms with E-state index in [1.807, 2.05) is 36.4 Å². The second-order valence-corrected chi connectivity index (χ2v) is 8.64. The zero-order valence-corrected chi connectivity index (χ0v) is 21.7. The lowest BCUT2D eigenvalue weighted by Gasteiger charge is -2.14. The van der Waals surface area contributed by atoms with Gasteiger partial charge < -0.3 is 28.8 Å². The molecule has 0 saturated heterocycles. The highest BCUT2D eigenvalue weighted by molar-refractivity contribution is 5.95. The normalized spacial score (nSPS) is 10.8. The Hall–Kier alpha value is -4.20. The van der Waals surface area contributed by atoms with Gasteiger partial charge in [-0.05, 0) is 61.7 Å². The minimum absolute atomic E-state index is 0.260. The summed E-state index contributed by atoms with van der Waals surface area (Å²) >= 11 is 0. The molecule has 0 saturated carbocycles. The van der Waals surface area contributed by atoms with Gasteiger partial charge in [-0.1, -0.05) is 24.3 Å². The summed E-state index contributed by atoms with van der Waals surface area (Å²) in [6.07, 6.45) is 1.82. The molecule has 1 amide bonds. The average Bonchev–Trinajstić information content (AvgIpc) is 3.28. The number of nitrogens with one attached hydrogen (secondary N) is 1. The number of hydrogen-bond acceptors (Lipinski definition) is 6. The number of carbonyl (C=O) groups excluding carboxylic acids is 1. The lowest BCUT2D eigenvalue weighted by atomic mass is 10.1. The molecule has 0 aliphatic rings. The Morgan fingerprint density at radius 1 is 0.919 bits per heavy atom. The fourth-order valence-corrected chi connectivity index (χ4v) is 4.25. The van der Waals surface area contributed by atoms with Gasteiger partial charge >= 0.3 is 0 Å². The number of hydrogen-bond donors (Lipinski definition) is 1. The standard InChI is InChI=1S/C29H33N3O5/c1-20-10-9-11-22(16-20)37-15-8-7-14-32-24-13-6-5-12-23(24)31-27(32)19-30-29(33)21-17-25(34-2)28(36-4)26(18-21)35-3/h5-6,9-13,16-18H,7-8,14-15,19H2,1-4H3,(H,30,33). The van der Waals surface area contributed by atoms with Gasteiger partial charge in [0.05, 0.1) is 45.5 Å². The molecule has 3 aromatic carbocycles. The van der Waals surface area contributed by atoms with Gasteiger partial charge in [-0.25, -0.2) is 4.98 Å². The molecule has 1 N–H and O–H groups in total. The summed E-state index contributed by atoms with van der Waals surface area (Å²) in [5, 5.41) is 2.99. The van der Waals surface area contributed by atoms with Gasteiger partial charge in [0.1, 0.15) is 11.6 Å². The lowest BCUT2D eigenvalue weighted by molar-refractivity contribution is 0.0948. The Labute approximate surface area is 217 Å². The van der Waals surface area contributed by atoms with E-state index in [9.17, 15) is 4.79 Å². The van der Waals surface area contributed by atoms with Crippen molar-refractivity contribution in [3.63, 3.8) is 0 Å². The van der Waals surface area contributed by atoms with E-state index >= 15 is 0 Å². The van der Waals surface area contributed by atoms with Crippen molar-refractivity contribution in [3.8, 4) is 23.0 Å². The van der Waals surface area contributed by atoms with E-state index in [2.05, 4.69) is 28.9 Å². The van der Waals surface area contributed by atoms with Crippen molar-refractivity contribution in [2.24, 2.45) is 0 Å². The number of benzene rings is 3. The van der Waals surface area contributed by atoms with Crippen LogP contribution >= 0.6 is 0 Å². The summed E-state index contributed by atoms with van der Waals surface area (Å²) in [5.74, 6) is 2.71. The quantitative estimate of drug-likeness (QED) is 0.269. The number of ether oxygens (including phenoxy) is 4. The van der Waals surface area contributed by atoms with Crippen molar-refractivity contribution in [2.45, 2.75) is 32.9 Å². The van der Waals surface area contributed by atoms with Gasteiger partial charge in [0.25, 0.3) is 5.91 Å². The molecule has 8 nitrogen and oxygen atoms in total. The molecule has 4 aromatic rings. The Morgan fingerprint density at radius 3 is 2.38 bits per heavy atom. The maximum Gasteiger partial charge on any atom is 0.251 e. The maximum absolute atomic E-state index is 13.0. The molecule has 0 fully saturated rings. The van der Waals surface area contributed by atoms with Crippen LogP contribution in [0.1, 0.15) is 34.6 Å². The van der Waals surface area contributed by atoms with Gasteiger partial charge in [0.2, 0.25) is 5.75 Å². The summed E-state index contributed by atoms with van der Waals surface area (Å²) in [4.78, 5) is 17.8. The van der Waals surface area contributed by atoms with Crippen LogP contribution in [-0.2, 0) is 13.1 Å². The first-order chi connectivity index (χ1) is 18.0. The fourth-order valence-electron chi connectivity index (χ4n) is 4.25. The van der Waals surface area contributed by atoms with Crippen LogP contribution in [-0.4, -0.2) is 43.4 Å². The van der Waals surface area contributed by atoms with Crippen LogP contribution in [0.15, 0.2) is 60.7 Å². The average molecular weight is 504 g/mol. The lowest BCUT2D eigenvalue weighted by Crippen LogP contribution is -2.25. The second-order valence-electron chi connectivity index (χ2n) is 8.64. The first-order valence-electron chi connectivity index (χ1n) is 12.3. The molecular weight excluding hydrogens is 470 g/mol. The van der Waals surface area contributed by atoms with Crippen LogP contribution in [0, 0.1) is 6.92 Å². The van der Waals surface area contributed by atoms with Crippen LogP contribution in [0.25, 0.3) is 11.0 Å². The second kappa shape index (κ2) is 12.2. The van der Waals surface area contributed by atoms with Gasteiger partial charge in [0, 0.05) is 12.1 Å². The molecule has 4 rings (SSSR count). The molecule has 0 spiro atoms. The van der Waals surface area contributed by atoms with Crippen LogP contribution < -0.4 is 24.3 Å². The molecule has 1 heterocycles. The SMILES string of the molecule is COc1cc(C(=O)NCc2nc3ccccc3n2CCCCOc2cccc(C)c2)cc(OC)c1OC. The van der Waals surface area contributed by atoms with Crippen molar-refractivity contribution in [3.05, 3.63) is 77.6 Å². The summed E-state index contributed by atoms with van der Waals surface area (Å²) in [7, 11) is 4.57. The zero-order valence-electron chi connectivity index (χ0n) is 21.7. The number of imidazole rings is 1. The summed E-state index contributed by atoms with van der Waals surface area (Å²) in [6.45, 7) is 3.75. The number of aromatic nitrogens is 2. The number of unbranched alkanes of at least 4 members (excludes halogenated alkanes) is 1. The van der Waals surface area contributed by atoms with E-state index in [0.717, 1.165) is 42.0 Å². The van der Waals surface area contributed by atoms with E-state index in [4.69, 9.17) is 23.9 Å². The molecule has 194 valence electrons. The van der Waals surface area contributed by atoms with E-state index in [1.54, 1.807) is 12.1 Å². The first kappa shape index (κ1) is 25.9. The summed E-state index contributed by atoms with van der Waals surface area (Å²) in [6, 6.07) is 19.3. The molecule has 1 aromatic heterocycles. The summed E-state index contributed by atoms with van der Waals surface area (Å²) < 4.78 is 24.2. The van der Waals surface area contributed by atoms with E-state index in [0.29, 0.717) is 29.4 Å². The third-order valence-corrected chi connectivity index (χ3v) is 6.10. The fraction of sp³-hybridized carbons (Fsp3) is 0.310. The largest absolute Gasteiger partial charge is 0.494 e. The first-order valence-corrected chi connectivity index (χ1v) is 12.3. The number of methoxy groups -OCH3 is 3. The predicted octanol–water partition coefficient (Wildman–Crippen LogP) is 5.16. The van der Waals surface area contributed by atoms with Crippen molar-refractivity contribution < 1.29 is 23.7 Å². The van der Waals surface area contributed by atoms with Gasteiger partial charge in [-0.2, -0.15) is 0 Å². The molecule has 0 unspecified atom stereocenters. The highest BCUT2D eigenvalue weighted by Crippen LogP contribution is 2.38. The molecule has 0 radical (unpaired) electrons. The van der Waals surface area contributed by atoms with Crippen LogP contribution in [0.5, 0.6) is 23.0 Å².